The van der Waals surface area contributed by atoms with Crippen molar-refractivity contribution in [2.75, 3.05) is 18.5 Å². The zero-order chi connectivity index (χ0) is 19.6. The molecule has 1 N–H and O–H groups in total. The summed E-state index contributed by atoms with van der Waals surface area (Å²) >= 11 is 0. The standard InChI is InChI=1S/C21H23NO5/c1-3-26-17-10-8-16(9-11-17)19(23)12-13-21(25)27-14-20(24)22-18-7-5-4-6-15(18)2/h4-11H,3,12-14H2,1-2H3,(H,22,24). The van der Waals surface area contributed by atoms with Crippen molar-refractivity contribution in [2.24, 2.45) is 0 Å². The smallest absolute Gasteiger partial charge is 0.306 e. The molecule has 6 nitrogen and oxygen atoms in total. The Morgan fingerprint density at radius 1 is 0.963 bits per heavy atom. The van der Waals surface area contributed by atoms with E-state index in [9.17, 15) is 14.4 Å². The summed E-state index contributed by atoms with van der Waals surface area (Å²) in [6.45, 7) is 3.92. The van der Waals surface area contributed by atoms with Crippen LogP contribution in [-0.4, -0.2) is 30.9 Å². The van der Waals surface area contributed by atoms with E-state index in [1.54, 1.807) is 36.4 Å². The van der Waals surface area contributed by atoms with Crippen molar-refractivity contribution in [1.29, 1.82) is 0 Å². The number of carbonyl (C=O) groups excluding carboxylic acids is 3. The van der Waals surface area contributed by atoms with E-state index in [4.69, 9.17) is 9.47 Å². The SMILES string of the molecule is CCOc1ccc(C(=O)CCC(=O)OCC(=O)Nc2ccccc2C)cc1. The van der Waals surface area contributed by atoms with E-state index in [-0.39, 0.29) is 25.2 Å². The van der Waals surface area contributed by atoms with Crippen molar-refractivity contribution < 1.29 is 23.9 Å². The minimum absolute atomic E-state index is 0.0201. The highest BCUT2D eigenvalue weighted by Crippen LogP contribution is 2.15. The fourth-order valence-corrected chi connectivity index (χ4v) is 2.38. The van der Waals surface area contributed by atoms with Crippen molar-refractivity contribution in [2.45, 2.75) is 26.7 Å². The minimum atomic E-state index is -0.589. The van der Waals surface area contributed by atoms with E-state index < -0.39 is 11.9 Å². The van der Waals surface area contributed by atoms with Crippen LogP contribution < -0.4 is 10.1 Å². The number of hydrogen-bond donors (Lipinski definition) is 1. The maximum atomic E-state index is 12.1. The van der Waals surface area contributed by atoms with Crippen LogP contribution in [0.3, 0.4) is 0 Å². The van der Waals surface area contributed by atoms with Crippen LogP contribution in [0.4, 0.5) is 5.69 Å². The molecule has 0 heterocycles. The summed E-state index contributed by atoms with van der Waals surface area (Å²) in [4.78, 5) is 35.7. The summed E-state index contributed by atoms with van der Waals surface area (Å²) in [5.41, 5.74) is 2.09. The average molecular weight is 369 g/mol. The molecule has 6 heteroatoms. The predicted octanol–water partition coefficient (Wildman–Crippen LogP) is 3.54. The van der Waals surface area contributed by atoms with Gasteiger partial charge in [-0.2, -0.15) is 0 Å². The Bertz CT molecular complexity index is 798. The first-order valence-corrected chi connectivity index (χ1v) is 8.76. The number of aryl methyl sites for hydroxylation is 1. The van der Waals surface area contributed by atoms with Gasteiger partial charge in [0.05, 0.1) is 13.0 Å². The number of Topliss-reactive ketones (excluding diaryl/α,β-unsaturated/α-hetero) is 1. The van der Waals surface area contributed by atoms with Gasteiger partial charge in [-0.1, -0.05) is 18.2 Å². The van der Waals surface area contributed by atoms with Gasteiger partial charge < -0.3 is 14.8 Å². The number of ketones is 1. The Hall–Kier alpha value is -3.15. The number of nitrogens with one attached hydrogen (secondary N) is 1. The molecular formula is C21H23NO5. The van der Waals surface area contributed by atoms with Crippen LogP contribution in [0.1, 0.15) is 35.7 Å². The summed E-state index contributed by atoms with van der Waals surface area (Å²) in [6, 6.07) is 14.1. The van der Waals surface area contributed by atoms with E-state index >= 15 is 0 Å². The lowest BCUT2D eigenvalue weighted by Crippen LogP contribution is -2.21. The molecule has 27 heavy (non-hydrogen) atoms. The lowest BCUT2D eigenvalue weighted by Gasteiger charge is -2.08. The van der Waals surface area contributed by atoms with Gasteiger partial charge in [0.2, 0.25) is 0 Å². The lowest BCUT2D eigenvalue weighted by atomic mass is 10.1. The van der Waals surface area contributed by atoms with Gasteiger partial charge >= 0.3 is 5.97 Å². The van der Waals surface area contributed by atoms with Crippen molar-refractivity contribution in [3.05, 3.63) is 59.7 Å². The number of anilines is 1. The van der Waals surface area contributed by atoms with Gasteiger partial charge in [0, 0.05) is 17.7 Å². The molecule has 2 aromatic carbocycles. The van der Waals surface area contributed by atoms with E-state index in [1.807, 2.05) is 26.0 Å². The molecule has 0 saturated heterocycles. The monoisotopic (exact) mass is 369 g/mol. The largest absolute Gasteiger partial charge is 0.494 e. The third kappa shape index (κ3) is 6.58. The molecule has 0 spiro atoms. The summed E-state index contributed by atoms with van der Waals surface area (Å²) in [7, 11) is 0. The van der Waals surface area contributed by atoms with Crippen molar-refractivity contribution in [3.8, 4) is 5.75 Å². The summed E-state index contributed by atoms with van der Waals surface area (Å²) < 4.78 is 10.2. The summed E-state index contributed by atoms with van der Waals surface area (Å²) in [5.74, 6) is -0.489. The van der Waals surface area contributed by atoms with Crippen LogP contribution in [0.25, 0.3) is 0 Å². The molecule has 142 valence electrons. The fourth-order valence-electron chi connectivity index (χ4n) is 2.38. The van der Waals surface area contributed by atoms with Crippen molar-refractivity contribution in [3.63, 3.8) is 0 Å². The quantitative estimate of drug-likeness (QED) is 0.540. The predicted molar refractivity (Wildman–Crippen MR) is 102 cm³/mol. The normalized spacial score (nSPS) is 10.1. The van der Waals surface area contributed by atoms with Gasteiger partial charge in [-0.05, 0) is 49.7 Å². The van der Waals surface area contributed by atoms with Gasteiger partial charge in [0.15, 0.2) is 12.4 Å². The molecule has 0 atom stereocenters. The number of hydrogen-bond acceptors (Lipinski definition) is 5. The summed E-state index contributed by atoms with van der Waals surface area (Å²) in [6.07, 6.45) is -0.0596. The zero-order valence-corrected chi connectivity index (χ0v) is 15.5. The van der Waals surface area contributed by atoms with E-state index in [1.165, 1.54) is 0 Å². The highest BCUT2D eigenvalue weighted by atomic mass is 16.5. The van der Waals surface area contributed by atoms with Crippen LogP contribution >= 0.6 is 0 Å². The fraction of sp³-hybridized carbons (Fsp3) is 0.286. The first kappa shape index (κ1) is 20.2. The molecule has 0 saturated carbocycles. The number of esters is 1. The molecule has 0 unspecified atom stereocenters. The summed E-state index contributed by atoms with van der Waals surface area (Å²) in [5, 5.41) is 2.68. The van der Waals surface area contributed by atoms with Crippen LogP contribution in [0, 0.1) is 6.92 Å². The second-order valence-electron chi connectivity index (χ2n) is 5.90. The Morgan fingerprint density at radius 2 is 1.67 bits per heavy atom. The van der Waals surface area contributed by atoms with Gasteiger partial charge in [-0.25, -0.2) is 0 Å². The van der Waals surface area contributed by atoms with Crippen molar-refractivity contribution in [1.82, 2.24) is 0 Å². The van der Waals surface area contributed by atoms with Crippen LogP contribution in [0.2, 0.25) is 0 Å². The Labute approximate surface area is 158 Å². The van der Waals surface area contributed by atoms with Gasteiger partial charge in [-0.15, -0.1) is 0 Å². The average Bonchev–Trinajstić information content (AvgIpc) is 2.67. The van der Waals surface area contributed by atoms with E-state index in [2.05, 4.69) is 5.32 Å². The van der Waals surface area contributed by atoms with E-state index in [0.29, 0.717) is 23.6 Å². The Balaban J connectivity index is 1.73. The maximum Gasteiger partial charge on any atom is 0.306 e. The molecule has 1 amide bonds. The van der Waals surface area contributed by atoms with Gasteiger partial charge in [0.1, 0.15) is 5.75 Å². The molecule has 2 aromatic rings. The number of para-hydroxylation sites is 1. The Morgan fingerprint density at radius 3 is 2.33 bits per heavy atom. The number of ether oxygens (including phenoxy) is 2. The number of rotatable bonds is 9. The third-order valence-electron chi connectivity index (χ3n) is 3.83. The molecule has 0 radical (unpaired) electrons. The number of amides is 1. The van der Waals surface area contributed by atoms with Crippen LogP contribution in [0.15, 0.2) is 48.5 Å². The molecule has 0 aliphatic rings. The first-order valence-electron chi connectivity index (χ1n) is 8.76. The lowest BCUT2D eigenvalue weighted by molar-refractivity contribution is -0.147. The zero-order valence-electron chi connectivity index (χ0n) is 15.5. The minimum Gasteiger partial charge on any atom is -0.494 e. The molecule has 2 rings (SSSR count). The first-order chi connectivity index (χ1) is 13.0. The highest BCUT2D eigenvalue weighted by molar-refractivity contribution is 5.98. The number of carbonyl (C=O) groups is 3. The van der Waals surface area contributed by atoms with Crippen molar-refractivity contribution >= 4 is 23.3 Å². The number of benzene rings is 2. The molecule has 0 aliphatic carbocycles. The van der Waals surface area contributed by atoms with E-state index in [0.717, 1.165) is 5.56 Å². The van der Waals surface area contributed by atoms with Crippen LogP contribution in [0.5, 0.6) is 5.75 Å². The van der Waals surface area contributed by atoms with Gasteiger partial charge in [-0.3, -0.25) is 14.4 Å². The second-order valence-corrected chi connectivity index (χ2v) is 5.90. The topological polar surface area (TPSA) is 81.7 Å². The second kappa shape index (κ2) is 10.1. The van der Waals surface area contributed by atoms with Gasteiger partial charge in [0.25, 0.3) is 5.91 Å². The molecule has 0 aliphatic heterocycles. The molecule has 0 aromatic heterocycles. The van der Waals surface area contributed by atoms with Crippen LogP contribution in [-0.2, 0) is 14.3 Å². The molecular weight excluding hydrogens is 346 g/mol. The molecule has 0 bridgehead atoms. The Kier molecular flexibility index (Phi) is 7.55. The molecule has 0 fully saturated rings. The highest BCUT2D eigenvalue weighted by Gasteiger charge is 2.12. The maximum absolute atomic E-state index is 12.1. The third-order valence-corrected chi connectivity index (χ3v) is 3.83.